The summed E-state index contributed by atoms with van der Waals surface area (Å²) < 4.78 is 6.43. The largest absolute Gasteiger partial charge is 0.460 e. The number of Topliss-reactive ketones (excluding diaryl/α,β-unsaturated/α-hetero) is 1. The number of amides is 2. The van der Waals surface area contributed by atoms with Crippen LogP contribution in [-0.4, -0.2) is 54.3 Å². The molecule has 0 saturated heterocycles. The van der Waals surface area contributed by atoms with Crippen molar-refractivity contribution in [3.8, 4) is 0 Å². The minimum atomic E-state index is -0.780. The zero-order valence-electron chi connectivity index (χ0n) is 30.7. The van der Waals surface area contributed by atoms with E-state index in [0.29, 0.717) is 61.7 Å². The van der Waals surface area contributed by atoms with E-state index < -0.39 is 18.1 Å². The van der Waals surface area contributed by atoms with Crippen LogP contribution in [0.25, 0.3) is 0 Å². The first kappa shape index (κ1) is 38.8. The normalized spacial score (nSPS) is 33.0. The van der Waals surface area contributed by atoms with E-state index in [2.05, 4.69) is 38.3 Å². The van der Waals surface area contributed by atoms with Gasteiger partial charge in [0.15, 0.2) is 0 Å². The molecule has 274 valence electrons. The number of esters is 1. The van der Waals surface area contributed by atoms with Gasteiger partial charge >= 0.3 is 5.97 Å². The molecular formula is C39H68N4O5. The molecule has 4 rings (SSSR count). The maximum absolute atomic E-state index is 14.0. The van der Waals surface area contributed by atoms with E-state index >= 15 is 0 Å². The Morgan fingerprint density at radius 3 is 2.15 bits per heavy atom. The molecule has 4 unspecified atom stereocenters. The van der Waals surface area contributed by atoms with Crippen molar-refractivity contribution in [1.82, 2.24) is 10.6 Å². The fourth-order valence-electron chi connectivity index (χ4n) is 10.3. The quantitative estimate of drug-likeness (QED) is 0.101. The van der Waals surface area contributed by atoms with E-state index in [1.165, 1.54) is 6.42 Å². The van der Waals surface area contributed by atoms with Crippen LogP contribution in [-0.2, 0) is 23.9 Å². The van der Waals surface area contributed by atoms with Gasteiger partial charge in [0.1, 0.15) is 24.0 Å². The molecule has 0 heterocycles. The molecule has 0 radical (unpaired) electrons. The number of hydrogen-bond donors (Lipinski definition) is 4. The third kappa shape index (κ3) is 9.01. The second kappa shape index (κ2) is 17.8. The highest BCUT2D eigenvalue weighted by molar-refractivity contribution is 5.92. The van der Waals surface area contributed by atoms with Gasteiger partial charge in [0.05, 0.1) is 6.04 Å². The Morgan fingerprint density at radius 2 is 1.44 bits per heavy atom. The van der Waals surface area contributed by atoms with Crippen LogP contribution >= 0.6 is 0 Å². The predicted octanol–water partition coefficient (Wildman–Crippen LogP) is 6.10. The molecule has 0 aromatic carbocycles. The van der Waals surface area contributed by atoms with E-state index in [4.69, 9.17) is 16.2 Å². The summed E-state index contributed by atoms with van der Waals surface area (Å²) in [7, 11) is 0. The van der Waals surface area contributed by atoms with Crippen molar-refractivity contribution in [3.63, 3.8) is 0 Å². The Labute approximate surface area is 290 Å². The van der Waals surface area contributed by atoms with E-state index in [0.717, 1.165) is 96.3 Å². The molecule has 0 aromatic rings. The number of carbonyl (C=O) groups excluding carboxylic acids is 4. The first-order valence-electron chi connectivity index (χ1n) is 19.8. The lowest BCUT2D eigenvalue weighted by molar-refractivity contribution is -0.167. The highest BCUT2D eigenvalue weighted by atomic mass is 16.5. The molecule has 2 amide bonds. The first-order chi connectivity index (χ1) is 23.0. The number of ketones is 1. The molecule has 6 N–H and O–H groups in total. The number of nitrogens with one attached hydrogen (secondary N) is 2. The summed E-state index contributed by atoms with van der Waals surface area (Å²) in [6.07, 6.45) is 17.4. The smallest absolute Gasteiger partial charge is 0.328 e. The number of rotatable bonds is 18. The van der Waals surface area contributed by atoms with Crippen LogP contribution in [0.5, 0.6) is 0 Å². The summed E-state index contributed by atoms with van der Waals surface area (Å²) in [4.78, 5) is 53.0. The highest BCUT2D eigenvalue weighted by Gasteiger charge is 2.61. The number of unbranched alkanes of at least 4 members (excludes halogenated alkanes) is 5. The van der Waals surface area contributed by atoms with Gasteiger partial charge in [-0.05, 0) is 113 Å². The second-order valence-corrected chi connectivity index (χ2v) is 16.5. The van der Waals surface area contributed by atoms with Crippen molar-refractivity contribution < 1.29 is 23.9 Å². The van der Waals surface area contributed by atoms with Crippen LogP contribution in [0.15, 0.2) is 0 Å². The van der Waals surface area contributed by atoms with Crippen molar-refractivity contribution in [2.45, 2.75) is 180 Å². The SMILES string of the molecule is CCCCC[C@H](NC(=O)C(CCCCN)NC(=O)[C@@H](N)CCCCC)C(=O)O[C@H]1CCC2C3CC[C@H]4CC(=O)CC[C@]4(C)C3CC[C@@]21C. The average molecular weight is 673 g/mol. The van der Waals surface area contributed by atoms with Crippen LogP contribution in [0.1, 0.15) is 156 Å². The van der Waals surface area contributed by atoms with Crippen LogP contribution in [0, 0.1) is 34.5 Å². The fraction of sp³-hybridized carbons (Fsp3) is 0.897. The van der Waals surface area contributed by atoms with Crippen LogP contribution in [0.4, 0.5) is 0 Å². The molecule has 0 spiro atoms. The van der Waals surface area contributed by atoms with Gasteiger partial charge in [-0.15, -0.1) is 0 Å². The van der Waals surface area contributed by atoms with Crippen molar-refractivity contribution in [2.75, 3.05) is 6.54 Å². The zero-order valence-corrected chi connectivity index (χ0v) is 30.7. The molecule has 4 aliphatic carbocycles. The third-order valence-corrected chi connectivity index (χ3v) is 13.4. The zero-order chi connectivity index (χ0) is 34.9. The highest BCUT2D eigenvalue weighted by Crippen LogP contribution is 2.66. The second-order valence-electron chi connectivity index (χ2n) is 16.5. The number of fused-ring (bicyclic) bond motifs is 5. The molecule has 4 fully saturated rings. The molecule has 0 aromatic heterocycles. The molecule has 0 aliphatic heterocycles. The van der Waals surface area contributed by atoms with Gasteiger partial charge in [-0.25, -0.2) is 4.79 Å². The molecule has 48 heavy (non-hydrogen) atoms. The average Bonchev–Trinajstić information content (AvgIpc) is 3.39. The number of hydrogen-bond acceptors (Lipinski definition) is 7. The van der Waals surface area contributed by atoms with Gasteiger partial charge in [-0.1, -0.05) is 66.2 Å². The Bertz CT molecular complexity index is 1100. The van der Waals surface area contributed by atoms with Crippen molar-refractivity contribution >= 4 is 23.6 Å². The Morgan fingerprint density at radius 1 is 0.792 bits per heavy atom. The van der Waals surface area contributed by atoms with E-state index in [1.54, 1.807) is 0 Å². The monoisotopic (exact) mass is 673 g/mol. The van der Waals surface area contributed by atoms with Gasteiger partial charge in [-0.2, -0.15) is 0 Å². The van der Waals surface area contributed by atoms with E-state index in [9.17, 15) is 19.2 Å². The maximum atomic E-state index is 14.0. The predicted molar refractivity (Wildman–Crippen MR) is 190 cm³/mol. The van der Waals surface area contributed by atoms with Gasteiger partial charge in [0, 0.05) is 18.3 Å². The summed E-state index contributed by atoms with van der Waals surface area (Å²) in [6, 6.07) is -2.21. The van der Waals surface area contributed by atoms with Crippen LogP contribution in [0.3, 0.4) is 0 Å². The topological polar surface area (TPSA) is 154 Å². The summed E-state index contributed by atoms with van der Waals surface area (Å²) in [5.74, 6) is 1.71. The van der Waals surface area contributed by atoms with Crippen molar-refractivity contribution in [2.24, 2.45) is 46.0 Å². The molecular weight excluding hydrogens is 604 g/mol. The van der Waals surface area contributed by atoms with Crippen molar-refractivity contribution in [3.05, 3.63) is 0 Å². The van der Waals surface area contributed by atoms with Gasteiger partial charge in [0.2, 0.25) is 11.8 Å². The lowest BCUT2D eigenvalue weighted by Gasteiger charge is -2.60. The third-order valence-electron chi connectivity index (χ3n) is 13.4. The van der Waals surface area contributed by atoms with Crippen LogP contribution in [0.2, 0.25) is 0 Å². The van der Waals surface area contributed by atoms with Crippen molar-refractivity contribution in [1.29, 1.82) is 0 Å². The van der Waals surface area contributed by atoms with Gasteiger partial charge < -0.3 is 26.8 Å². The van der Waals surface area contributed by atoms with E-state index in [-0.39, 0.29) is 34.7 Å². The van der Waals surface area contributed by atoms with Gasteiger partial charge in [-0.3, -0.25) is 14.4 Å². The lowest BCUT2D eigenvalue weighted by Crippen LogP contribution is -2.56. The molecule has 4 saturated carbocycles. The summed E-state index contributed by atoms with van der Waals surface area (Å²) in [5.41, 5.74) is 12.1. The summed E-state index contributed by atoms with van der Waals surface area (Å²) in [5, 5.41) is 5.91. The lowest BCUT2D eigenvalue weighted by atomic mass is 9.45. The Kier molecular flexibility index (Phi) is 14.4. The van der Waals surface area contributed by atoms with Gasteiger partial charge in [0.25, 0.3) is 0 Å². The number of carbonyl (C=O) groups is 4. The first-order valence-corrected chi connectivity index (χ1v) is 19.8. The molecule has 4 aliphatic rings. The Balaban J connectivity index is 1.42. The summed E-state index contributed by atoms with van der Waals surface area (Å²) in [6.45, 7) is 9.54. The fourth-order valence-corrected chi connectivity index (χ4v) is 10.3. The molecule has 10 atom stereocenters. The molecule has 9 heteroatoms. The number of nitrogens with two attached hydrogens (primary N) is 2. The minimum absolute atomic E-state index is 0.0743. The standard InChI is InChI=1S/C39H68N4O5/c1-5-7-9-13-31(41)35(45)42-32(14-11-12-24-40)36(46)43-33(15-10-8-6-2)37(47)48-34-19-18-29-28-17-16-26-25-27(44)20-22-38(26,3)30(28)21-23-39(29,34)4/h26,28-34H,5-25,40-41H2,1-4H3,(H,42,45)(H,43,46)/t26-,28?,29?,30?,31-,32?,33-,34-,38-,39-/m0/s1. The minimum Gasteiger partial charge on any atom is -0.460 e. The Hall–Kier alpha value is -2.00. The number of ether oxygens (including phenoxy) is 1. The summed E-state index contributed by atoms with van der Waals surface area (Å²) >= 11 is 0. The van der Waals surface area contributed by atoms with Crippen LogP contribution < -0.4 is 22.1 Å². The molecule has 0 bridgehead atoms. The maximum Gasteiger partial charge on any atom is 0.328 e. The van der Waals surface area contributed by atoms with E-state index in [1.807, 2.05) is 0 Å². The molecule has 9 nitrogen and oxygen atoms in total.